The zero-order valence-corrected chi connectivity index (χ0v) is 17.3. The highest BCUT2D eigenvalue weighted by molar-refractivity contribution is 5.98. The smallest absolute Gasteiger partial charge is 0.259 e. The summed E-state index contributed by atoms with van der Waals surface area (Å²) in [6.07, 6.45) is 6.08. The average molecular weight is 429 g/mol. The van der Waals surface area contributed by atoms with Gasteiger partial charge in [-0.15, -0.1) is 0 Å². The Balaban J connectivity index is 1.61. The summed E-state index contributed by atoms with van der Waals surface area (Å²) >= 11 is 0. The molecule has 1 spiro atoms. The maximum absolute atomic E-state index is 14.4. The second-order valence-electron chi connectivity index (χ2n) is 8.33. The number of benzene rings is 1. The third-order valence-corrected chi connectivity index (χ3v) is 6.19. The lowest BCUT2D eigenvalue weighted by molar-refractivity contribution is -0.128. The van der Waals surface area contributed by atoms with Gasteiger partial charge in [0, 0.05) is 25.0 Å². The Morgan fingerprint density at radius 1 is 1.26 bits per heavy atom. The number of carbonyl (C=O) groups is 2. The summed E-state index contributed by atoms with van der Waals surface area (Å²) in [5.74, 6) is -2.28. The highest BCUT2D eigenvalue weighted by Crippen LogP contribution is 2.43. The second-order valence-corrected chi connectivity index (χ2v) is 8.33. The minimum atomic E-state index is -0.958. The molecule has 1 aromatic heterocycles. The lowest BCUT2D eigenvalue weighted by Gasteiger charge is -2.43. The van der Waals surface area contributed by atoms with E-state index in [0.717, 1.165) is 30.5 Å². The minimum Gasteiger partial charge on any atom is -0.353 e. The van der Waals surface area contributed by atoms with Gasteiger partial charge in [-0.1, -0.05) is 13.0 Å². The van der Waals surface area contributed by atoms with E-state index in [1.807, 2.05) is 6.07 Å². The Morgan fingerprint density at radius 3 is 2.71 bits per heavy atom. The van der Waals surface area contributed by atoms with E-state index < -0.39 is 29.3 Å². The first-order chi connectivity index (χ1) is 14.9. The van der Waals surface area contributed by atoms with Crippen LogP contribution in [0.5, 0.6) is 0 Å². The summed E-state index contributed by atoms with van der Waals surface area (Å²) in [4.78, 5) is 31.9. The van der Waals surface area contributed by atoms with Crippen LogP contribution in [-0.4, -0.2) is 40.1 Å². The Labute approximate surface area is 179 Å². The molecule has 2 amide bonds. The van der Waals surface area contributed by atoms with Crippen molar-refractivity contribution in [3.63, 3.8) is 0 Å². The molecule has 0 bridgehead atoms. The van der Waals surface area contributed by atoms with Gasteiger partial charge in [-0.3, -0.25) is 19.5 Å². The van der Waals surface area contributed by atoms with Gasteiger partial charge in [-0.05, 0) is 55.4 Å². The minimum absolute atomic E-state index is 0.0296. The first-order valence-corrected chi connectivity index (χ1v) is 10.5. The van der Waals surface area contributed by atoms with Crippen molar-refractivity contribution in [1.82, 2.24) is 15.2 Å². The van der Waals surface area contributed by atoms with Crippen LogP contribution in [0.3, 0.4) is 0 Å². The Bertz CT molecular complexity index is 962. The van der Waals surface area contributed by atoms with Gasteiger partial charge in [0.05, 0.1) is 12.2 Å². The van der Waals surface area contributed by atoms with E-state index in [9.17, 15) is 18.4 Å². The van der Waals surface area contributed by atoms with Crippen molar-refractivity contribution >= 4 is 11.8 Å². The molecular weight excluding hydrogens is 404 g/mol. The molecular formula is C23H25F2N3O3. The number of aromatic nitrogens is 1. The number of amides is 2. The van der Waals surface area contributed by atoms with Crippen molar-refractivity contribution in [2.75, 3.05) is 6.61 Å². The molecule has 0 radical (unpaired) electrons. The van der Waals surface area contributed by atoms with Crippen molar-refractivity contribution in [3.8, 4) is 0 Å². The van der Waals surface area contributed by atoms with Crippen LogP contribution in [-0.2, 0) is 16.1 Å². The number of hydrogen-bond acceptors (Lipinski definition) is 4. The molecule has 2 aromatic rings. The lowest BCUT2D eigenvalue weighted by Crippen LogP contribution is -2.56. The summed E-state index contributed by atoms with van der Waals surface area (Å²) in [5.41, 5.74) is -0.408. The van der Waals surface area contributed by atoms with Crippen LogP contribution in [0.4, 0.5) is 8.78 Å². The van der Waals surface area contributed by atoms with Crippen molar-refractivity contribution in [2.45, 2.75) is 50.9 Å². The van der Waals surface area contributed by atoms with Crippen molar-refractivity contribution < 1.29 is 23.1 Å². The molecule has 2 heterocycles. The molecule has 1 saturated heterocycles. The fraction of sp³-hybridized carbons (Fsp3) is 0.435. The van der Waals surface area contributed by atoms with Gasteiger partial charge >= 0.3 is 0 Å². The second kappa shape index (κ2) is 8.70. The number of ether oxygens (including phenoxy) is 1. The molecule has 31 heavy (non-hydrogen) atoms. The van der Waals surface area contributed by atoms with E-state index in [4.69, 9.17) is 4.74 Å². The summed E-state index contributed by atoms with van der Waals surface area (Å²) in [6, 6.07) is 5.54. The fourth-order valence-electron chi connectivity index (χ4n) is 4.38. The molecule has 8 heteroatoms. The molecule has 4 rings (SSSR count). The number of nitrogens with one attached hydrogen (secondary N) is 1. The number of hydrogen-bond donors (Lipinski definition) is 1. The third kappa shape index (κ3) is 4.30. The van der Waals surface area contributed by atoms with Gasteiger partial charge in [-0.25, -0.2) is 8.78 Å². The van der Waals surface area contributed by atoms with E-state index in [1.54, 1.807) is 18.5 Å². The van der Waals surface area contributed by atoms with Crippen LogP contribution in [0.25, 0.3) is 0 Å². The first-order valence-electron chi connectivity index (χ1n) is 10.5. The van der Waals surface area contributed by atoms with Crippen LogP contribution < -0.4 is 5.32 Å². The molecule has 0 unspecified atom stereocenters. The van der Waals surface area contributed by atoms with Gasteiger partial charge in [0.25, 0.3) is 5.91 Å². The van der Waals surface area contributed by atoms with E-state index in [-0.39, 0.29) is 24.6 Å². The highest BCUT2D eigenvalue weighted by Gasteiger charge is 2.53. The average Bonchev–Trinajstić information content (AvgIpc) is 3.13. The molecule has 1 aliphatic heterocycles. The Kier molecular flexibility index (Phi) is 6.00. The molecule has 1 saturated carbocycles. The maximum Gasteiger partial charge on any atom is 0.259 e. The summed E-state index contributed by atoms with van der Waals surface area (Å²) in [5, 5.41) is 2.83. The van der Waals surface area contributed by atoms with Gasteiger partial charge in [-0.2, -0.15) is 0 Å². The fourth-order valence-corrected chi connectivity index (χ4v) is 4.38. The number of carbonyl (C=O) groups excluding carboxylic acids is 2. The lowest BCUT2D eigenvalue weighted by atomic mass is 9.83. The normalized spacial score (nSPS) is 25.6. The summed E-state index contributed by atoms with van der Waals surface area (Å²) in [6.45, 7) is 2.41. The predicted octanol–water partition coefficient (Wildman–Crippen LogP) is 3.42. The summed E-state index contributed by atoms with van der Waals surface area (Å²) in [7, 11) is 0. The van der Waals surface area contributed by atoms with Crippen molar-refractivity contribution in [1.29, 1.82) is 0 Å². The molecule has 1 aromatic carbocycles. The van der Waals surface area contributed by atoms with Crippen LogP contribution in [0.2, 0.25) is 0 Å². The third-order valence-electron chi connectivity index (χ3n) is 6.19. The first kappa shape index (κ1) is 21.4. The SMILES string of the molecule is CC1CCC2(CC1)OC[C@@H](C(=O)NCc1cccnc1)N2C(=O)c1ccc(F)cc1F. The van der Waals surface area contributed by atoms with Gasteiger partial charge < -0.3 is 10.1 Å². The van der Waals surface area contributed by atoms with E-state index in [1.165, 1.54) is 4.90 Å². The van der Waals surface area contributed by atoms with E-state index >= 15 is 0 Å². The molecule has 2 fully saturated rings. The number of halogens is 2. The van der Waals surface area contributed by atoms with Gasteiger partial charge in [0.2, 0.25) is 5.91 Å². The van der Waals surface area contributed by atoms with Gasteiger partial charge in [0.1, 0.15) is 23.4 Å². The number of rotatable bonds is 4. The molecule has 2 aliphatic rings. The summed E-state index contributed by atoms with van der Waals surface area (Å²) < 4.78 is 33.9. The monoisotopic (exact) mass is 429 g/mol. The van der Waals surface area contributed by atoms with Crippen LogP contribution in [0.15, 0.2) is 42.7 Å². The molecule has 1 N–H and O–H groups in total. The standard InChI is InChI=1S/C23H25F2N3O3/c1-15-6-8-23(9-7-15)28(22(30)18-5-4-17(24)11-19(18)25)20(14-31-23)21(29)27-13-16-3-2-10-26-12-16/h2-5,10-12,15,20H,6-9,13-14H2,1H3,(H,27,29)/t15?,20-,23?/m0/s1. The predicted molar refractivity (Wildman–Crippen MR) is 109 cm³/mol. The van der Waals surface area contributed by atoms with Crippen LogP contribution >= 0.6 is 0 Å². The molecule has 6 nitrogen and oxygen atoms in total. The van der Waals surface area contributed by atoms with Crippen molar-refractivity contribution in [3.05, 3.63) is 65.5 Å². The van der Waals surface area contributed by atoms with E-state index in [2.05, 4.69) is 17.2 Å². The quantitative estimate of drug-likeness (QED) is 0.809. The van der Waals surface area contributed by atoms with Crippen LogP contribution in [0, 0.1) is 17.6 Å². The van der Waals surface area contributed by atoms with Gasteiger partial charge in [0.15, 0.2) is 0 Å². The number of pyridine rings is 1. The van der Waals surface area contributed by atoms with E-state index in [0.29, 0.717) is 24.8 Å². The number of nitrogens with zero attached hydrogens (tertiary/aromatic N) is 2. The zero-order valence-electron chi connectivity index (χ0n) is 17.3. The maximum atomic E-state index is 14.4. The van der Waals surface area contributed by atoms with Crippen LogP contribution in [0.1, 0.15) is 48.5 Å². The topological polar surface area (TPSA) is 71.5 Å². The highest BCUT2D eigenvalue weighted by atomic mass is 19.1. The van der Waals surface area contributed by atoms with Crippen molar-refractivity contribution in [2.24, 2.45) is 5.92 Å². The molecule has 1 atom stereocenters. The zero-order chi connectivity index (χ0) is 22.0. The molecule has 1 aliphatic carbocycles. The largest absolute Gasteiger partial charge is 0.353 e. The Morgan fingerprint density at radius 2 is 2.03 bits per heavy atom. The Hall–Kier alpha value is -2.87. The molecule has 164 valence electrons.